The zero-order chi connectivity index (χ0) is 9.14. The monoisotopic (exact) mass is 230 g/mol. The van der Waals surface area contributed by atoms with Crippen molar-refractivity contribution >= 4 is 28.5 Å². The average molecular weight is 231 g/mol. The third-order valence-corrected chi connectivity index (χ3v) is 2.17. The van der Waals surface area contributed by atoms with Crippen molar-refractivity contribution < 1.29 is 14.8 Å². The van der Waals surface area contributed by atoms with Gasteiger partial charge in [-0.1, -0.05) is 22.0 Å². The van der Waals surface area contributed by atoms with Crippen LogP contribution in [0, 0.1) is 0 Å². The first-order chi connectivity index (χ1) is 5.65. The molecule has 0 aliphatic heterocycles. The SMILES string of the molecule is COc1ccc(B(O)O)c(Br)c1. The number of hydrogen-bond acceptors (Lipinski definition) is 3. The maximum absolute atomic E-state index is 8.85. The highest BCUT2D eigenvalue weighted by Crippen LogP contribution is 2.15. The van der Waals surface area contributed by atoms with Gasteiger partial charge >= 0.3 is 7.12 Å². The van der Waals surface area contributed by atoms with Crippen LogP contribution in [-0.2, 0) is 0 Å². The normalized spacial score (nSPS) is 9.67. The van der Waals surface area contributed by atoms with Gasteiger partial charge < -0.3 is 14.8 Å². The minimum Gasteiger partial charge on any atom is -0.497 e. The lowest BCUT2D eigenvalue weighted by Crippen LogP contribution is -2.30. The summed E-state index contributed by atoms with van der Waals surface area (Å²) >= 11 is 3.19. The zero-order valence-corrected chi connectivity index (χ0v) is 8.08. The second kappa shape index (κ2) is 3.93. The van der Waals surface area contributed by atoms with Gasteiger partial charge in [0.25, 0.3) is 0 Å². The molecular weight excluding hydrogens is 223 g/mol. The molecule has 1 aromatic carbocycles. The Balaban J connectivity index is 3.03. The summed E-state index contributed by atoms with van der Waals surface area (Å²) in [6.45, 7) is 0. The van der Waals surface area contributed by atoms with Crippen molar-refractivity contribution in [2.75, 3.05) is 7.11 Å². The van der Waals surface area contributed by atoms with Gasteiger partial charge in [0, 0.05) is 4.47 Å². The smallest absolute Gasteiger partial charge is 0.489 e. The van der Waals surface area contributed by atoms with Gasteiger partial charge in [-0.05, 0) is 17.6 Å². The van der Waals surface area contributed by atoms with Crippen LogP contribution in [0.3, 0.4) is 0 Å². The fourth-order valence-electron chi connectivity index (χ4n) is 0.844. The minimum absolute atomic E-state index is 0.427. The molecule has 1 aromatic rings. The number of benzene rings is 1. The van der Waals surface area contributed by atoms with Crippen molar-refractivity contribution in [3.63, 3.8) is 0 Å². The van der Waals surface area contributed by atoms with E-state index in [-0.39, 0.29) is 0 Å². The van der Waals surface area contributed by atoms with E-state index in [9.17, 15) is 0 Å². The third-order valence-electron chi connectivity index (χ3n) is 1.49. The quantitative estimate of drug-likeness (QED) is 0.711. The highest BCUT2D eigenvalue weighted by molar-refractivity contribution is 9.10. The van der Waals surface area contributed by atoms with Gasteiger partial charge in [0.2, 0.25) is 0 Å². The molecule has 0 aromatic heterocycles. The Bertz CT molecular complexity index is 277. The van der Waals surface area contributed by atoms with Crippen molar-refractivity contribution in [3.8, 4) is 5.75 Å². The first kappa shape index (κ1) is 9.57. The molecule has 0 radical (unpaired) electrons. The lowest BCUT2D eigenvalue weighted by atomic mass is 9.80. The summed E-state index contributed by atoms with van der Waals surface area (Å²) in [6, 6.07) is 4.93. The molecule has 12 heavy (non-hydrogen) atoms. The lowest BCUT2D eigenvalue weighted by molar-refractivity contribution is 0.413. The van der Waals surface area contributed by atoms with Crippen molar-refractivity contribution in [1.82, 2.24) is 0 Å². The molecule has 0 aliphatic rings. The van der Waals surface area contributed by atoms with Gasteiger partial charge in [-0.3, -0.25) is 0 Å². The molecule has 0 saturated heterocycles. The van der Waals surface area contributed by atoms with Crippen LogP contribution in [0.2, 0.25) is 0 Å². The van der Waals surface area contributed by atoms with E-state index in [1.54, 1.807) is 25.3 Å². The average Bonchev–Trinajstić information content (AvgIpc) is 2.03. The van der Waals surface area contributed by atoms with E-state index >= 15 is 0 Å². The van der Waals surface area contributed by atoms with E-state index in [2.05, 4.69) is 15.9 Å². The summed E-state index contributed by atoms with van der Waals surface area (Å²) in [5.41, 5.74) is 0.427. The molecule has 5 heteroatoms. The third kappa shape index (κ3) is 2.00. The van der Waals surface area contributed by atoms with Crippen LogP contribution in [0.5, 0.6) is 5.75 Å². The Morgan fingerprint density at radius 3 is 2.50 bits per heavy atom. The molecule has 0 bridgehead atoms. The predicted molar refractivity (Wildman–Crippen MR) is 50.5 cm³/mol. The fourth-order valence-corrected chi connectivity index (χ4v) is 1.41. The number of hydrogen-bond donors (Lipinski definition) is 2. The minimum atomic E-state index is -1.45. The van der Waals surface area contributed by atoms with Crippen LogP contribution in [0.4, 0.5) is 0 Å². The van der Waals surface area contributed by atoms with Crippen LogP contribution in [0.25, 0.3) is 0 Å². The summed E-state index contributed by atoms with van der Waals surface area (Å²) in [6.07, 6.45) is 0. The second-order valence-corrected chi connectivity index (χ2v) is 3.12. The van der Waals surface area contributed by atoms with Gasteiger partial charge in [0.05, 0.1) is 7.11 Å². The van der Waals surface area contributed by atoms with E-state index in [4.69, 9.17) is 14.8 Å². The summed E-state index contributed by atoms with van der Waals surface area (Å²) in [5.74, 6) is 0.672. The summed E-state index contributed by atoms with van der Waals surface area (Å²) < 4.78 is 5.56. The molecule has 0 saturated carbocycles. The van der Waals surface area contributed by atoms with Gasteiger partial charge in [0.1, 0.15) is 5.75 Å². The molecule has 0 spiro atoms. The zero-order valence-electron chi connectivity index (χ0n) is 6.49. The molecule has 0 aliphatic carbocycles. The van der Waals surface area contributed by atoms with E-state index in [1.807, 2.05) is 0 Å². The maximum atomic E-state index is 8.85. The molecule has 2 N–H and O–H groups in total. The highest BCUT2D eigenvalue weighted by Gasteiger charge is 2.14. The molecule has 3 nitrogen and oxygen atoms in total. The van der Waals surface area contributed by atoms with Crippen molar-refractivity contribution in [2.45, 2.75) is 0 Å². The van der Waals surface area contributed by atoms with Crippen LogP contribution < -0.4 is 10.2 Å². The van der Waals surface area contributed by atoms with Crippen molar-refractivity contribution in [3.05, 3.63) is 22.7 Å². The second-order valence-electron chi connectivity index (χ2n) is 2.26. The molecule has 64 valence electrons. The van der Waals surface area contributed by atoms with Crippen LogP contribution in [-0.4, -0.2) is 24.3 Å². The molecule has 0 unspecified atom stereocenters. The molecule has 0 amide bonds. The molecular formula is C7H8BBrO3. The Kier molecular flexibility index (Phi) is 3.14. The van der Waals surface area contributed by atoms with Gasteiger partial charge in [-0.15, -0.1) is 0 Å². The molecule has 0 heterocycles. The number of rotatable bonds is 2. The van der Waals surface area contributed by atoms with Gasteiger partial charge in [0.15, 0.2) is 0 Å². The summed E-state index contributed by atoms with van der Waals surface area (Å²) in [7, 11) is 0.0990. The van der Waals surface area contributed by atoms with Crippen LogP contribution in [0.15, 0.2) is 22.7 Å². The van der Waals surface area contributed by atoms with E-state index < -0.39 is 7.12 Å². The van der Waals surface area contributed by atoms with E-state index in [1.165, 1.54) is 0 Å². The predicted octanol–water partition coefficient (Wildman–Crippen LogP) is 0.137. The van der Waals surface area contributed by atoms with E-state index in [0.29, 0.717) is 15.7 Å². The molecule has 0 atom stereocenters. The number of methoxy groups -OCH3 is 1. The lowest BCUT2D eigenvalue weighted by Gasteiger charge is -2.04. The first-order valence-electron chi connectivity index (χ1n) is 3.34. The topological polar surface area (TPSA) is 49.7 Å². The van der Waals surface area contributed by atoms with Crippen LogP contribution >= 0.6 is 15.9 Å². The first-order valence-corrected chi connectivity index (χ1v) is 4.14. The van der Waals surface area contributed by atoms with Gasteiger partial charge in [-0.25, -0.2) is 0 Å². The van der Waals surface area contributed by atoms with Crippen molar-refractivity contribution in [1.29, 1.82) is 0 Å². The molecule has 1 rings (SSSR count). The Labute approximate surface area is 79.3 Å². The number of ether oxygens (including phenoxy) is 1. The summed E-state index contributed by atoms with van der Waals surface area (Å²) in [5, 5.41) is 17.7. The van der Waals surface area contributed by atoms with E-state index in [0.717, 1.165) is 0 Å². The van der Waals surface area contributed by atoms with Crippen molar-refractivity contribution in [2.24, 2.45) is 0 Å². The standard InChI is InChI=1S/C7H8BBrO3/c1-12-5-2-3-6(8(10)11)7(9)4-5/h2-4,10-11H,1H3. The van der Waals surface area contributed by atoms with Crippen LogP contribution in [0.1, 0.15) is 0 Å². The molecule has 0 fully saturated rings. The number of halogens is 1. The highest BCUT2D eigenvalue weighted by atomic mass is 79.9. The largest absolute Gasteiger partial charge is 0.497 e. The maximum Gasteiger partial charge on any atom is 0.489 e. The Hall–Kier alpha value is -0.515. The van der Waals surface area contributed by atoms with Gasteiger partial charge in [-0.2, -0.15) is 0 Å². The summed E-state index contributed by atoms with van der Waals surface area (Å²) in [4.78, 5) is 0. The Morgan fingerprint density at radius 2 is 2.08 bits per heavy atom. The fraction of sp³-hybridized carbons (Fsp3) is 0.143. The Morgan fingerprint density at radius 1 is 1.42 bits per heavy atom.